The highest BCUT2D eigenvalue weighted by Gasteiger charge is 2.38. The first-order valence-electron chi connectivity index (χ1n) is 13.8. The van der Waals surface area contributed by atoms with Gasteiger partial charge in [0.25, 0.3) is 15.9 Å². The van der Waals surface area contributed by atoms with Crippen LogP contribution in [0.25, 0.3) is 10.9 Å². The summed E-state index contributed by atoms with van der Waals surface area (Å²) in [5.74, 6) is -1.19. The van der Waals surface area contributed by atoms with Gasteiger partial charge in [0.15, 0.2) is 10.8 Å². The number of hydrogen-bond acceptors (Lipinski definition) is 7. The van der Waals surface area contributed by atoms with Crippen molar-refractivity contribution in [3.63, 3.8) is 0 Å². The molecule has 10 nitrogen and oxygen atoms in total. The van der Waals surface area contributed by atoms with Crippen LogP contribution in [0, 0.1) is 0 Å². The Labute approximate surface area is 243 Å². The van der Waals surface area contributed by atoms with Gasteiger partial charge in [-0.15, -0.1) is 0 Å². The van der Waals surface area contributed by atoms with E-state index in [-0.39, 0.29) is 43.4 Å². The average Bonchev–Trinajstić information content (AvgIpc) is 3.21. The van der Waals surface area contributed by atoms with E-state index < -0.39 is 33.8 Å². The molecule has 2 atom stereocenters. The summed E-state index contributed by atoms with van der Waals surface area (Å²) in [6, 6.07) is 19.8. The maximum Gasteiger partial charge on any atom is 0.260 e. The van der Waals surface area contributed by atoms with Crippen molar-refractivity contribution in [2.24, 2.45) is 0 Å². The molecule has 42 heavy (non-hydrogen) atoms. The molecule has 2 amide bonds. The minimum Gasteiger partial charge on any atom is -0.344 e. The molecule has 2 aliphatic rings. The largest absolute Gasteiger partial charge is 0.344 e. The fourth-order valence-corrected chi connectivity index (χ4v) is 6.95. The Kier molecular flexibility index (Phi) is 7.53. The number of rotatable bonds is 5. The molecular formula is C31H29N5O5S. The number of Topliss-reactive ketones (excluding diaryl/α,β-unsaturated/α-hetero) is 1. The Morgan fingerprint density at radius 3 is 2.48 bits per heavy atom. The molecular weight excluding hydrogens is 554 g/mol. The summed E-state index contributed by atoms with van der Waals surface area (Å²) in [4.78, 5) is 50.8. The second-order valence-electron chi connectivity index (χ2n) is 10.5. The van der Waals surface area contributed by atoms with Gasteiger partial charge in [-0.25, -0.2) is 13.4 Å². The summed E-state index contributed by atoms with van der Waals surface area (Å²) < 4.78 is 27.3. The molecule has 0 aliphatic carbocycles. The Morgan fingerprint density at radius 2 is 1.67 bits per heavy atom. The van der Waals surface area contributed by atoms with Crippen LogP contribution < -0.4 is 5.32 Å². The van der Waals surface area contributed by atoms with E-state index in [9.17, 15) is 22.8 Å². The smallest absolute Gasteiger partial charge is 0.260 e. The van der Waals surface area contributed by atoms with Crippen LogP contribution in [-0.4, -0.2) is 70.4 Å². The van der Waals surface area contributed by atoms with E-state index in [1.54, 1.807) is 18.2 Å². The number of hydrogen-bond donors (Lipinski definition) is 1. The van der Waals surface area contributed by atoms with Gasteiger partial charge in [0.1, 0.15) is 6.04 Å². The summed E-state index contributed by atoms with van der Waals surface area (Å²) in [5.41, 5.74) is 3.04. The lowest BCUT2D eigenvalue weighted by molar-refractivity contribution is -0.130. The van der Waals surface area contributed by atoms with Crippen molar-refractivity contribution in [1.82, 2.24) is 24.5 Å². The van der Waals surface area contributed by atoms with E-state index in [0.29, 0.717) is 12.0 Å². The normalized spacial score (nSPS) is 19.6. The number of pyridine rings is 2. The first kappa shape index (κ1) is 27.7. The van der Waals surface area contributed by atoms with E-state index >= 15 is 0 Å². The van der Waals surface area contributed by atoms with Crippen LogP contribution in [-0.2, 0) is 32.6 Å². The molecule has 0 bridgehead atoms. The lowest BCUT2D eigenvalue weighted by atomic mass is 9.92. The number of benzene rings is 2. The van der Waals surface area contributed by atoms with Crippen molar-refractivity contribution in [2.45, 2.75) is 42.9 Å². The molecule has 0 saturated carbocycles. The number of nitrogens with one attached hydrogen (secondary N) is 1. The maximum absolute atomic E-state index is 13.8. The van der Waals surface area contributed by atoms with E-state index in [4.69, 9.17) is 0 Å². The standard InChI is InChI=1S/C31H29N5O5S/c37-28-20-35(42(40,41)29-13-5-6-14-32-29)15-7-12-26(28)34-30(38)27-17-21-8-1-2-10-23(21)19-36(27)31(39)24-16-22-9-3-4-11-25(22)33-18-24/h1-6,8-11,13-14,16,18,26-27H,7,12,15,17,19-20H2,(H,34,38). The third-order valence-electron chi connectivity index (χ3n) is 7.83. The fraction of sp³-hybridized carbons (Fsp3) is 0.258. The van der Waals surface area contributed by atoms with Crippen LogP contribution in [0.1, 0.15) is 34.3 Å². The van der Waals surface area contributed by atoms with Gasteiger partial charge in [-0.2, -0.15) is 4.31 Å². The summed E-state index contributed by atoms with van der Waals surface area (Å²) in [7, 11) is -3.96. The van der Waals surface area contributed by atoms with Crippen molar-refractivity contribution >= 4 is 38.5 Å². The zero-order valence-electron chi connectivity index (χ0n) is 22.7. The van der Waals surface area contributed by atoms with Gasteiger partial charge in [0, 0.05) is 37.3 Å². The highest BCUT2D eigenvalue weighted by Crippen LogP contribution is 2.27. The minimum atomic E-state index is -3.96. The molecule has 2 aromatic heterocycles. The first-order chi connectivity index (χ1) is 20.3. The van der Waals surface area contributed by atoms with E-state index in [0.717, 1.165) is 26.3 Å². The monoisotopic (exact) mass is 583 g/mol. The molecule has 1 N–H and O–H groups in total. The van der Waals surface area contributed by atoms with Gasteiger partial charge in [-0.3, -0.25) is 19.4 Å². The number of amides is 2. The van der Waals surface area contributed by atoms with Gasteiger partial charge >= 0.3 is 0 Å². The molecule has 2 aliphatic heterocycles. The summed E-state index contributed by atoms with van der Waals surface area (Å²) in [6.45, 7) is -0.00914. The van der Waals surface area contributed by atoms with Crippen molar-refractivity contribution in [3.05, 3.63) is 102 Å². The van der Waals surface area contributed by atoms with E-state index in [2.05, 4.69) is 15.3 Å². The van der Waals surface area contributed by atoms with Crippen molar-refractivity contribution in [1.29, 1.82) is 0 Å². The van der Waals surface area contributed by atoms with Gasteiger partial charge < -0.3 is 10.2 Å². The number of sulfonamides is 1. The third kappa shape index (κ3) is 5.40. The topological polar surface area (TPSA) is 130 Å². The van der Waals surface area contributed by atoms with Crippen LogP contribution in [0.15, 0.2) is 90.2 Å². The first-order valence-corrected chi connectivity index (χ1v) is 15.2. The maximum atomic E-state index is 13.8. The molecule has 2 unspecified atom stereocenters. The Morgan fingerprint density at radius 1 is 0.905 bits per heavy atom. The van der Waals surface area contributed by atoms with Gasteiger partial charge in [-0.05, 0) is 48.2 Å². The summed E-state index contributed by atoms with van der Waals surface area (Å²) in [5, 5.41) is 3.54. The molecule has 214 valence electrons. The number of aromatic nitrogens is 2. The molecule has 11 heteroatoms. The molecule has 0 spiro atoms. The molecule has 2 aromatic carbocycles. The highest BCUT2D eigenvalue weighted by atomic mass is 32.2. The Balaban J connectivity index is 1.23. The number of nitrogens with zero attached hydrogens (tertiary/aromatic N) is 4. The van der Waals surface area contributed by atoms with Gasteiger partial charge in [0.05, 0.1) is 23.7 Å². The van der Waals surface area contributed by atoms with E-state index in [1.165, 1.54) is 23.4 Å². The lowest BCUT2D eigenvalue weighted by Crippen LogP contribution is -2.55. The van der Waals surface area contributed by atoms with Crippen LogP contribution in [0.2, 0.25) is 0 Å². The highest BCUT2D eigenvalue weighted by molar-refractivity contribution is 7.89. The third-order valence-corrected chi connectivity index (χ3v) is 9.59. The number of para-hydroxylation sites is 1. The predicted octanol–water partition coefficient (Wildman–Crippen LogP) is 2.74. The Hall–Kier alpha value is -4.48. The minimum absolute atomic E-state index is 0.126. The quantitative estimate of drug-likeness (QED) is 0.382. The molecule has 6 rings (SSSR count). The number of carbonyl (C=O) groups excluding carboxylic acids is 3. The second kappa shape index (κ2) is 11.4. The fourth-order valence-electron chi connectivity index (χ4n) is 5.58. The number of fused-ring (bicyclic) bond motifs is 2. The predicted molar refractivity (Wildman–Crippen MR) is 155 cm³/mol. The van der Waals surface area contributed by atoms with Crippen LogP contribution >= 0.6 is 0 Å². The number of ketones is 1. The van der Waals surface area contributed by atoms with Crippen molar-refractivity contribution < 1.29 is 22.8 Å². The summed E-state index contributed by atoms with van der Waals surface area (Å²) >= 11 is 0. The molecule has 4 aromatic rings. The molecule has 1 fully saturated rings. The summed E-state index contributed by atoms with van der Waals surface area (Å²) in [6.07, 6.45) is 3.85. The van der Waals surface area contributed by atoms with Gasteiger partial charge in [-0.1, -0.05) is 48.5 Å². The lowest BCUT2D eigenvalue weighted by Gasteiger charge is -2.36. The number of carbonyl (C=O) groups is 3. The zero-order valence-corrected chi connectivity index (χ0v) is 23.5. The SMILES string of the molecule is O=C1CN(S(=O)(=O)c2ccccn2)CCCC1NC(=O)C1Cc2ccccc2CN1C(=O)c1cnc2ccccc2c1. The van der Waals surface area contributed by atoms with Gasteiger partial charge in [0.2, 0.25) is 5.91 Å². The van der Waals surface area contributed by atoms with Crippen molar-refractivity contribution in [2.75, 3.05) is 13.1 Å². The molecule has 4 heterocycles. The van der Waals surface area contributed by atoms with Crippen LogP contribution in [0.5, 0.6) is 0 Å². The zero-order chi connectivity index (χ0) is 29.3. The molecule has 0 radical (unpaired) electrons. The Bertz CT molecular complexity index is 1780. The second-order valence-corrected chi connectivity index (χ2v) is 12.4. The van der Waals surface area contributed by atoms with Crippen LogP contribution in [0.4, 0.5) is 0 Å². The van der Waals surface area contributed by atoms with Crippen molar-refractivity contribution in [3.8, 4) is 0 Å². The molecule has 1 saturated heterocycles. The van der Waals surface area contributed by atoms with Crippen LogP contribution in [0.3, 0.4) is 0 Å². The average molecular weight is 584 g/mol. The van der Waals surface area contributed by atoms with E-state index in [1.807, 2.05) is 48.5 Å².